The molecule has 14 atom stereocenters. The highest BCUT2D eigenvalue weighted by Crippen LogP contribution is 2.57. The van der Waals surface area contributed by atoms with Crippen LogP contribution in [0.25, 0.3) is 0 Å². The Hall–Kier alpha value is -8.02. The van der Waals surface area contributed by atoms with Crippen molar-refractivity contribution in [2.75, 3.05) is 39.6 Å². The normalized spacial score (nSPS) is 23.7. The summed E-state index contributed by atoms with van der Waals surface area (Å²) in [6, 6.07) is 51.6. The molecule has 0 heterocycles. The minimum atomic E-state index is -0.959. The predicted octanol–water partition coefficient (Wildman–Crippen LogP) is 8.31. The van der Waals surface area contributed by atoms with E-state index in [0.29, 0.717) is 43.2 Å². The summed E-state index contributed by atoms with van der Waals surface area (Å²) in [6.07, 6.45) is 4.07. The Morgan fingerprint density at radius 3 is 0.897 bits per heavy atom. The molecule has 8 N–H and O–H groups in total. The number of carbonyl (C=O) groups is 6. The molecule has 16 heteroatoms. The first-order chi connectivity index (χ1) is 42.3. The molecule has 6 aromatic rings. The van der Waals surface area contributed by atoms with Crippen LogP contribution in [-0.4, -0.2) is 99.6 Å². The lowest BCUT2D eigenvalue weighted by molar-refractivity contribution is -0.151. The van der Waals surface area contributed by atoms with Gasteiger partial charge < -0.3 is 51.4 Å². The van der Waals surface area contributed by atoms with Crippen LogP contribution in [0, 0.1) is 59.2 Å². The van der Waals surface area contributed by atoms with Crippen LogP contribution < -0.4 is 22.9 Å². The van der Waals surface area contributed by atoms with Gasteiger partial charge in [-0.3, -0.25) is 19.2 Å². The molecule has 3 aliphatic rings. The van der Waals surface area contributed by atoms with E-state index < -0.39 is 60.0 Å². The zero-order valence-electron chi connectivity index (χ0n) is 49.2. The van der Waals surface area contributed by atoms with Gasteiger partial charge in [0.25, 0.3) is 0 Å². The highest BCUT2D eigenvalue weighted by Gasteiger charge is 2.54. The van der Waals surface area contributed by atoms with Gasteiger partial charge in [0.05, 0.1) is 50.8 Å². The molecule has 0 radical (unpaired) electrons. The zero-order chi connectivity index (χ0) is 61.1. The van der Waals surface area contributed by atoms with E-state index in [2.05, 4.69) is 0 Å². The lowest BCUT2D eigenvalue weighted by Gasteiger charge is -2.34. The van der Waals surface area contributed by atoms with Crippen molar-refractivity contribution in [1.29, 1.82) is 0 Å². The Labute approximate surface area is 509 Å². The molecular weight excluding hydrogens is 1100 g/mol. The Bertz CT molecular complexity index is 3140. The SMILES string of the molecule is N[C@@H](Cc1ccccc1)C(=O)OC[C@@H]1C[C@H](COC(=O)[C@@H](N)Cc2ccccc2)[C@@H]([C@@H]2CC[C@H]([C@@H]3[C@@H](COC(=O)c4ccccc4)C[C@@H](COC(=O)[C@@H](N)Cc4ccccc4)[C@H]3COC(=O)[C@@H](N)Cc3ccccc3)C2)[C@@H]1COC(=O)c1ccccc1. The van der Waals surface area contributed by atoms with E-state index in [-0.39, 0.29) is 125 Å². The Morgan fingerprint density at radius 2 is 0.575 bits per heavy atom. The van der Waals surface area contributed by atoms with E-state index in [1.807, 2.05) is 133 Å². The van der Waals surface area contributed by atoms with Crippen molar-refractivity contribution in [3.63, 3.8) is 0 Å². The molecule has 0 aromatic heterocycles. The quantitative estimate of drug-likeness (QED) is 0.0266. The van der Waals surface area contributed by atoms with E-state index in [4.69, 9.17) is 51.4 Å². The molecule has 9 rings (SSSR count). The van der Waals surface area contributed by atoms with Gasteiger partial charge in [0.15, 0.2) is 0 Å². The maximum Gasteiger partial charge on any atom is 0.338 e. The van der Waals surface area contributed by atoms with Crippen molar-refractivity contribution in [2.24, 2.45) is 82.1 Å². The van der Waals surface area contributed by atoms with Gasteiger partial charge in [0.1, 0.15) is 24.2 Å². The molecule has 0 unspecified atom stereocenters. The van der Waals surface area contributed by atoms with Gasteiger partial charge in [-0.05, 0) is 152 Å². The Balaban J connectivity index is 1.01. The maximum atomic E-state index is 14.0. The maximum absolute atomic E-state index is 14.0. The van der Waals surface area contributed by atoms with Gasteiger partial charge in [-0.25, -0.2) is 9.59 Å². The smallest absolute Gasteiger partial charge is 0.338 e. The van der Waals surface area contributed by atoms with Crippen LogP contribution in [0.5, 0.6) is 0 Å². The fourth-order valence-corrected chi connectivity index (χ4v) is 13.9. The second-order valence-corrected chi connectivity index (χ2v) is 24.0. The molecule has 0 aliphatic heterocycles. The standard InChI is InChI=1S/C71H82N4O12/c72-60(33-46-19-7-1-8-20-46)68(78)83-40-54-39-57(43-85-70(80)62(74)35-48-23-11-3-12-24-48)65(58(54)44-86-67(77)51-29-17-6-18-30-51)53-32-31-52(37-53)64-56(42-82-66(76)50-27-15-5-16-28-50)38-55(41-84-69(79)61(73)34-47-21-9-2-10-22-47)59(64)45-87-71(81)63(75)36-49-25-13-4-14-26-49/h1-30,52-65H,31-45,72-75H2/t52-,53+,54-,55-,56+,57+,58+,59+,60-,61-,62-,63-,64+,65+/m0/s1. The van der Waals surface area contributed by atoms with Crippen molar-refractivity contribution in [3.8, 4) is 0 Å². The lowest BCUT2D eigenvalue weighted by Crippen LogP contribution is -2.39. The molecular formula is C71H82N4O12. The first-order valence-corrected chi connectivity index (χ1v) is 30.6. The molecule has 3 aliphatic carbocycles. The lowest BCUT2D eigenvalue weighted by atomic mass is 9.73. The molecule has 3 saturated carbocycles. The number of rotatable bonds is 28. The minimum absolute atomic E-state index is 0.0113. The fourth-order valence-electron chi connectivity index (χ4n) is 13.9. The highest BCUT2D eigenvalue weighted by atomic mass is 16.6. The second-order valence-electron chi connectivity index (χ2n) is 24.0. The topological polar surface area (TPSA) is 262 Å². The van der Waals surface area contributed by atoms with Crippen molar-refractivity contribution >= 4 is 35.8 Å². The largest absolute Gasteiger partial charge is 0.464 e. The van der Waals surface area contributed by atoms with Gasteiger partial charge in [0.2, 0.25) is 0 Å². The molecule has 458 valence electrons. The fraction of sp³-hybridized carbons (Fsp3) is 0.408. The predicted molar refractivity (Wildman–Crippen MR) is 328 cm³/mol. The molecule has 0 bridgehead atoms. The molecule has 3 fully saturated rings. The number of ether oxygens (including phenoxy) is 6. The van der Waals surface area contributed by atoms with Crippen LogP contribution >= 0.6 is 0 Å². The number of benzene rings is 6. The average molecular weight is 1180 g/mol. The van der Waals surface area contributed by atoms with E-state index in [0.717, 1.165) is 22.3 Å². The molecule has 87 heavy (non-hydrogen) atoms. The number of nitrogens with two attached hydrogens (primary N) is 4. The highest BCUT2D eigenvalue weighted by molar-refractivity contribution is 5.89. The minimum Gasteiger partial charge on any atom is -0.464 e. The van der Waals surface area contributed by atoms with Crippen LogP contribution in [0.15, 0.2) is 182 Å². The average Bonchev–Trinajstić information content (AvgIpc) is 2.03. The number of hydrogen-bond acceptors (Lipinski definition) is 16. The second kappa shape index (κ2) is 31.6. The van der Waals surface area contributed by atoms with E-state index in [1.165, 1.54) is 0 Å². The van der Waals surface area contributed by atoms with Crippen molar-refractivity contribution in [3.05, 3.63) is 215 Å². The van der Waals surface area contributed by atoms with Crippen LogP contribution in [0.1, 0.15) is 75.1 Å². The summed E-state index contributed by atoms with van der Waals surface area (Å²) >= 11 is 0. The number of esters is 6. The number of hydrogen-bond donors (Lipinski definition) is 4. The summed E-state index contributed by atoms with van der Waals surface area (Å²) in [4.78, 5) is 83.0. The van der Waals surface area contributed by atoms with Crippen molar-refractivity contribution in [2.45, 2.75) is 82.0 Å². The molecule has 0 spiro atoms. The van der Waals surface area contributed by atoms with Gasteiger partial charge in [0, 0.05) is 11.8 Å². The molecule has 6 aromatic carbocycles. The Kier molecular flexibility index (Phi) is 23.0. The summed E-state index contributed by atoms with van der Waals surface area (Å²) in [6.45, 7) is -0.0544. The van der Waals surface area contributed by atoms with Gasteiger partial charge in [-0.1, -0.05) is 158 Å². The first-order valence-electron chi connectivity index (χ1n) is 30.6. The molecule has 16 nitrogen and oxygen atoms in total. The van der Waals surface area contributed by atoms with Crippen LogP contribution in [-0.2, 0) is 73.3 Å². The Morgan fingerprint density at radius 1 is 0.322 bits per heavy atom. The summed E-state index contributed by atoms with van der Waals surface area (Å²) in [5.41, 5.74) is 30.3. The third-order valence-corrected chi connectivity index (χ3v) is 18.1. The van der Waals surface area contributed by atoms with Crippen LogP contribution in [0.4, 0.5) is 0 Å². The third kappa shape index (κ3) is 17.8. The summed E-state index contributed by atoms with van der Waals surface area (Å²) < 4.78 is 37.0. The summed E-state index contributed by atoms with van der Waals surface area (Å²) in [5.74, 6) is -5.84. The first kappa shape index (κ1) is 63.5. The zero-order valence-corrected chi connectivity index (χ0v) is 49.2. The summed E-state index contributed by atoms with van der Waals surface area (Å²) in [5, 5.41) is 0. The van der Waals surface area contributed by atoms with Crippen molar-refractivity contribution in [1.82, 2.24) is 0 Å². The van der Waals surface area contributed by atoms with Gasteiger partial charge in [-0.15, -0.1) is 0 Å². The molecule has 0 saturated heterocycles. The summed E-state index contributed by atoms with van der Waals surface area (Å²) in [7, 11) is 0. The van der Waals surface area contributed by atoms with Gasteiger partial charge >= 0.3 is 35.8 Å². The third-order valence-electron chi connectivity index (χ3n) is 18.1. The van der Waals surface area contributed by atoms with Crippen molar-refractivity contribution < 1.29 is 57.2 Å². The van der Waals surface area contributed by atoms with E-state index in [9.17, 15) is 28.8 Å². The van der Waals surface area contributed by atoms with Crippen LogP contribution in [0.2, 0.25) is 0 Å². The monoisotopic (exact) mass is 1180 g/mol. The van der Waals surface area contributed by atoms with E-state index in [1.54, 1.807) is 48.5 Å². The van der Waals surface area contributed by atoms with Gasteiger partial charge in [-0.2, -0.15) is 0 Å². The van der Waals surface area contributed by atoms with E-state index >= 15 is 0 Å². The molecule has 0 amide bonds. The number of carbonyl (C=O) groups excluding carboxylic acids is 6. The van der Waals surface area contributed by atoms with Crippen LogP contribution in [0.3, 0.4) is 0 Å².